The SMILES string of the molecule is CCCS(=O)(=O)c1ccc(C(=O)N2CCOC[C@H]2C(=O)O)cc1. The van der Waals surface area contributed by atoms with Gasteiger partial charge in [-0.3, -0.25) is 4.79 Å². The van der Waals surface area contributed by atoms with Crippen molar-refractivity contribution < 1.29 is 27.9 Å². The van der Waals surface area contributed by atoms with Crippen LogP contribution in [0.2, 0.25) is 0 Å². The molecule has 1 aliphatic rings. The average Bonchev–Trinajstić information content (AvgIpc) is 2.54. The van der Waals surface area contributed by atoms with E-state index in [-0.39, 0.29) is 36.0 Å². The lowest BCUT2D eigenvalue weighted by molar-refractivity contribution is -0.147. The van der Waals surface area contributed by atoms with Gasteiger partial charge >= 0.3 is 5.97 Å². The number of morpholine rings is 1. The number of carbonyl (C=O) groups excluding carboxylic acids is 1. The van der Waals surface area contributed by atoms with Crippen LogP contribution in [0.25, 0.3) is 0 Å². The number of rotatable bonds is 5. The van der Waals surface area contributed by atoms with Crippen molar-refractivity contribution in [2.24, 2.45) is 0 Å². The van der Waals surface area contributed by atoms with Crippen molar-refractivity contribution in [1.82, 2.24) is 4.90 Å². The van der Waals surface area contributed by atoms with Gasteiger partial charge in [0.2, 0.25) is 0 Å². The quantitative estimate of drug-likeness (QED) is 0.850. The van der Waals surface area contributed by atoms with Crippen LogP contribution >= 0.6 is 0 Å². The number of aliphatic carboxylic acids is 1. The first-order valence-corrected chi connectivity index (χ1v) is 8.96. The number of amides is 1. The summed E-state index contributed by atoms with van der Waals surface area (Å²) in [6.07, 6.45) is 0.511. The molecule has 2 rings (SSSR count). The molecule has 0 spiro atoms. The molecule has 0 radical (unpaired) electrons. The molecular weight excluding hydrogens is 322 g/mol. The van der Waals surface area contributed by atoms with E-state index in [2.05, 4.69) is 0 Å². The van der Waals surface area contributed by atoms with Crippen LogP contribution in [-0.4, -0.2) is 61.9 Å². The van der Waals surface area contributed by atoms with Gasteiger partial charge in [0.05, 0.1) is 23.9 Å². The number of benzene rings is 1. The van der Waals surface area contributed by atoms with Gasteiger partial charge in [-0.05, 0) is 30.7 Å². The largest absolute Gasteiger partial charge is 0.480 e. The summed E-state index contributed by atoms with van der Waals surface area (Å²) in [5, 5.41) is 9.16. The van der Waals surface area contributed by atoms with Crippen LogP contribution < -0.4 is 0 Å². The fourth-order valence-electron chi connectivity index (χ4n) is 2.41. The minimum Gasteiger partial charge on any atom is -0.480 e. The summed E-state index contributed by atoms with van der Waals surface area (Å²) in [6.45, 7) is 2.19. The summed E-state index contributed by atoms with van der Waals surface area (Å²) < 4.78 is 29.0. The van der Waals surface area contributed by atoms with Gasteiger partial charge in [0.25, 0.3) is 5.91 Å². The molecule has 1 N–H and O–H groups in total. The number of nitrogens with zero attached hydrogens (tertiary/aromatic N) is 1. The number of hydrogen-bond donors (Lipinski definition) is 1. The summed E-state index contributed by atoms with van der Waals surface area (Å²) in [6, 6.07) is 4.57. The van der Waals surface area contributed by atoms with Crippen LogP contribution in [0.3, 0.4) is 0 Å². The third-order valence-corrected chi connectivity index (χ3v) is 5.54. The molecule has 1 fully saturated rings. The Hall–Kier alpha value is -1.93. The normalized spacial score (nSPS) is 18.7. The van der Waals surface area contributed by atoms with Gasteiger partial charge < -0.3 is 14.7 Å². The second-order valence-electron chi connectivity index (χ2n) is 5.27. The first-order valence-electron chi connectivity index (χ1n) is 7.31. The van der Waals surface area contributed by atoms with Gasteiger partial charge in [0.1, 0.15) is 0 Å². The van der Waals surface area contributed by atoms with Gasteiger partial charge in [-0.2, -0.15) is 0 Å². The van der Waals surface area contributed by atoms with Crippen LogP contribution in [0.4, 0.5) is 0 Å². The van der Waals surface area contributed by atoms with Crippen LogP contribution in [0.15, 0.2) is 29.2 Å². The lowest BCUT2D eigenvalue weighted by Crippen LogP contribution is -2.52. The molecule has 0 saturated carbocycles. The highest BCUT2D eigenvalue weighted by atomic mass is 32.2. The highest BCUT2D eigenvalue weighted by molar-refractivity contribution is 7.91. The maximum absolute atomic E-state index is 12.5. The van der Waals surface area contributed by atoms with Crippen LogP contribution in [-0.2, 0) is 19.4 Å². The number of carbonyl (C=O) groups is 2. The lowest BCUT2D eigenvalue weighted by Gasteiger charge is -2.32. The molecule has 0 unspecified atom stereocenters. The number of ether oxygens (including phenoxy) is 1. The zero-order valence-electron chi connectivity index (χ0n) is 12.8. The predicted octanol–water partition coefficient (Wildman–Crippen LogP) is 0.796. The third-order valence-electron chi connectivity index (χ3n) is 3.61. The number of hydrogen-bond acceptors (Lipinski definition) is 5. The van der Waals surface area contributed by atoms with Crippen molar-refractivity contribution in [3.8, 4) is 0 Å². The fourth-order valence-corrected chi connectivity index (χ4v) is 3.73. The number of carboxylic acids is 1. The minimum atomic E-state index is -3.34. The first-order chi connectivity index (χ1) is 10.9. The highest BCUT2D eigenvalue weighted by Gasteiger charge is 2.33. The van der Waals surface area contributed by atoms with Crippen molar-refractivity contribution in [2.45, 2.75) is 24.3 Å². The zero-order chi connectivity index (χ0) is 17.0. The second-order valence-corrected chi connectivity index (χ2v) is 7.38. The van der Waals surface area contributed by atoms with E-state index in [0.29, 0.717) is 6.42 Å². The third kappa shape index (κ3) is 3.89. The smallest absolute Gasteiger partial charge is 0.328 e. The number of sulfone groups is 1. The summed E-state index contributed by atoms with van der Waals surface area (Å²) >= 11 is 0. The predicted molar refractivity (Wildman–Crippen MR) is 82.1 cm³/mol. The van der Waals surface area contributed by atoms with E-state index in [1.807, 2.05) is 0 Å². The Morgan fingerprint density at radius 2 is 1.96 bits per heavy atom. The van der Waals surface area contributed by atoms with Gasteiger partial charge in [-0.15, -0.1) is 0 Å². The molecule has 7 nitrogen and oxygen atoms in total. The lowest BCUT2D eigenvalue weighted by atomic mass is 10.1. The summed E-state index contributed by atoms with van der Waals surface area (Å²) in [5.74, 6) is -1.52. The molecule has 0 bridgehead atoms. The molecule has 1 saturated heterocycles. The fraction of sp³-hybridized carbons (Fsp3) is 0.467. The topological polar surface area (TPSA) is 101 Å². The van der Waals surface area contributed by atoms with Crippen molar-refractivity contribution in [3.05, 3.63) is 29.8 Å². The summed E-state index contributed by atoms with van der Waals surface area (Å²) in [7, 11) is -3.34. The Balaban J connectivity index is 2.21. The van der Waals surface area contributed by atoms with Gasteiger partial charge in [-0.25, -0.2) is 13.2 Å². The van der Waals surface area contributed by atoms with Crippen molar-refractivity contribution >= 4 is 21.7 Å². The molecule has 1 aliphatic heterocycles. The monoisotopic (exact) mass is 341 g/mol. The van der Waals surface area contributed by atoms with Crippen LogP contribution in [0.1, 0.15) is 23.7 Å². The summed E-state index contributed by atoms with van der Waals surface area (Å²) in [5.41, 5.74) is 0.258. The molecule has 1 aromatic carbocycles. The molecular formula is C15H19NO6S. The Labute approximate surface area is 134 Å². The van der Waals surface area contributed by atoms with Crippen molar-refractivity contribution in [1.29, 1.82) is 0 Å². The second kappa shape index (κ2) is 7.10. The van der Waals surface area contributed by atoms with Crippen molar-refractivity contribution in [3.63, 3.8) is 0 Å². The van der Waals surface area contributed by atoms with Gasteiger partial charge in [-0.1, -0.05) is 6.92 Å². The van der Waals surface area contributed by atoms with E-state index in [1.54, 1.807) is 6.92 Å². The Bertz CT molecular complexity index is 682. The van der Waals surface area contributed by atoms with E-state index in [1.165, 1.54) is 29.2 Å². The first kappa shape index (κ1) is 17.4. The Morgan fingerprint density at radius 3 is 2.52 bits per heavy atom. The van der Waals surface area contributed by atoms with E-state index < -0.39 is 27.8 Å². The van der Waals surface area contributed by atoms with Crippen molar-refractivity contribution in [2.75, 3.05) is 25.5 Å². The zero-order valence-corrected chi connectivity index (χ0v) is 13.6. The molecule has 23 heavy (non-hydrogen) atoms. The average molecular weight is 341 g/mol. The van der Waals surface area contributed by atoms with E-state index in [0.717, 1.165) is 0 Å². The standard InChI is InChI=1S/C15H19NO6S/c1-2-9-23(20,21)12-5-3-11(4-6-12)14(17)16-7-8-22-10-13(16)15(18)19/h3-6,13H,2,7-10H2,1H3,(H,18,19)/t13-/m0/s1. The van der Waals surface area contributed by atoms with Gasteiger partial charge in [0, 0.05) is 12.1 Å². The van der Waals surface area contributed by atoms with Gasteiger partial charge in [0.15, 0.2) is 15.9 Å². The van der Waals surface area contributed by atoms with E-state index in [9.17, 15) is 18.0 Å². The maximum atomic E-state index is 12.5. The van der Waals surface area contributed by atoms with E-state index >= 15 is 0 Å². The molecule has 1 heterocycles. The molecule has 1 atom stereocenters. The van der Waals surface area contributed by atoms with Crippen LogP contribution in [0.5, 0.6) is 0 Å². The molecule has 0 aliphatic carbocycles. The molecule has 126 valence electrons. The maximum Gasteiger partial charge on any atom is 0.328 e. The minimum absolute atomic E-state index is 0.0465. The van der Waals surface area contributed by atoms with E-state index in [4.69, 9.17) is 9.84 Å². The Kier molecular flexibility index (Phi) is 5.38. The van der Waals surface area contributed by atoms with Crippen LogP contribution in [0, 0.1) is 0 Å². The number of carboxylic acid groups (broad SMARTS) is 1. The summed E-state index contributed by atoms with van der Waals surface area (Å²) in [4.78, 5) is 25.1. The molecule has 8 heteroatoms. The molecule has 0 aromatic heterocycles. The molecule has 1 aromatic rings. The Morgan fingerprint density at radius 1 is 1.30 bits per heavy atom. The highest BCUT2D eigenvalue weighted by Crippen LogP contribution is 2.17. The molecule has 1 amide bonds.